The van der Waals surface area contributed by atoms with Crippen LogP contribution in [0, 0.1) is 5.92 Å². The summed E-state index contributed by atoms with van der Waals surface area (Å²) in [7, 11) is 0. The summed E-state index contributed by atoms with van der Waals surface area (Å²) in [4.78, 5) is 0. The van der Waals surface area contributed by atoms with Gasteiger partial charge in [-0.05, 0) is 104 Å². The van der Waals surface area contributed by atoms with Gasteiger partial charge in [-0.25, -0.2) is 0 Å². The van der Waals surface area contributed by atoms with Crippen LogP contribution in [0.15, 0.2) is 140 Å². The maximum Gasteiger partial charge on any atom is 0.0867 e. The number of benzene rings is 6. The smallest absolute Gasteiger partial charge is 0.0867 e. The fourth-order valence-corrected chi connectivity index (χ4v) is 8.06. The monoisotopic (exact) mass is 582 g/mol. The molecule has 0 bridgehead atoms. The SMILES string of the molecule is C=C1c2c(c(-c3ccc(-c4ccccc4)cc3)c3ccccc3c2-c2ccc(-c3ccccc3)cc2)C(C)C2CC(C)(C)OC12. The van der Waals surface area contributed by atoms with Gasteiger partial charge in [-0.2, -0.15) is 0 Å². The lowest BCUT2D eigenvalue weighted by molar-refractivity contribution is 0.00397. The summed E-state index contributed by atoms with van der Waals surface area (Å²) in [6.07, 6.45) is 1.04. The zero-order valence-electron chi connectivity index (χ0n) is 26.3. The molecule has 0 radical (unpaired) electrons. The van der Waals surface area contributed by atoms with Gasteiger partial charge < -0.3 is 4.74 Å². The molecule has 1 aliphatic carbocycles. The molecule has 6 aromatic carbocycles. The van der Waals surface area contributed by atoms with Crippen LogP contribution in [0.2, 0.25) is 0 Å². The van der Waals surface area contributed by atoms with Crippen molar-refractivity contribution >= 4 is 16.3 Å². The first-order valence-electron chi connectivity index (χ1n) is 16.2. The first kappa shape index (κ1) is 27.8. The van der Waals surface area contributed by atoms with Crippen LogP contribution < -0.4 is 0 Å². The van der Waals surface area contributed by atoms with E-state index in [9.17, 15) is 0 Å². The second kappa shape index (κ2) is 10.7. The Kier molecular flexibility index (Phi) is 6.62. The summed E-state index contributed by atoms with van der Waals surface area (Å²) in [5, 5.41) is 2.55. The number of fused-ring (bicyclic) bond motifs is 3. The van der Waals surface area contributed by atoms with Crippen molar-refractivity contribution in [2.75, 3.05) is 0 Å². The molecular weight excluding hydrogens is 544 g/mol. The van der Waals surface area contributed by atoms with E-state index in [1.54, 1.807) is 0 Å². The van der Waals surface area contributed by atoms with Crippen molar-refractivity contribution < 1.29 is 4.74 Å². The summed E-state index contributed by atoms with van der Waals surface area (Å²) in [6, 6.07) is 48.5. The second-order valence-corrected chi connectivity index (χ2v) is 13.5. The lowest BCUT2D eigenvalue weighted by Gasteiger charge is -2.38. The van der Waals surface area contributed by atoms with Crippen molar-refractivity contribution in [3.63, 3.8) is 0 Å². The molecule has 220 valence electrons. The molecule has 1 nitrogen and oxygen atoms in total. The molecule has 1 heterocycles. The van der Waals surface area contributed by atoms with E-state index in [4.69, 9.17) is 11.3 Å². The molecule has 0 saturated carbocycles. The van der Waals surface area contributed by atoms with Crippen LogP contribution in [-0.2, 0) is 4.74 Å². The molecule has 1 saturated heterocycles. The van der Waals surface area contributed by atoms with Crippen LogP contribution in [0.5, 0.6) is 0 Å². The zero-order chi connectivity index (χ0) is 30.7. The van der Waals surface area contributed by atoms with E-state index in [2.05, 4.69) is 154 Å². The van der Waals surface area contributed by atoms with Crippen molar-refractivity contribution in [1.29, 1.82) is 0 Å². The highest BCUT2D eigenvalue weighted by Crippen LogP contribution is 2.58. The third kappa shape index (κ3) is 4.66. The Balaban J connectivity index is 1.38. The topological polar surface area (TPSA) is 9.23 Å². The summed E-state index contributed by atoms with van der Waals surface area (Å²) in [5.74, 6) is 0.699. The average molecular weight is 583 g/mol. The molecule has 0 amide bonds. The lowest BCUT2D eigenvalue weighted by Crippen LogP contribution is -2.29. The molecular formula is C44H38O. The van der Waals surface area contributed by atoms with E-state index in [0.29, 0.717) is 11.8 Å². The van der Waals surface area contributed by atoms with E-state index < -0.39 is 0 Å². The largest absolute Gasteiger partial charge is 0.367 e. The summed E-state index contributed by atoms with van der Waals surface area (Å²) >= 11 is 0. The highest BCUT2D eigenvalue weighted by Gasteiger charge is 2.49. The van der Waals surface area contributed by atoms with Crippen LogP contribution >= 0.6 is 0 Å². The maximum atomic E-state index is 6.78. The molecule has 0 N–H and O–H groups in total. The van der Waals surface area contributed by atoms with Crippen LogP contribution in [0.25, 0.3) is 60.9 Å². The maximum absolute atomic E-state index is 6.78. The van der Waals surface area contributed by atoms with Crippen LogP contribution in [0.4, 0.5) is 0 Å². The van der Waals surface area contributed by atoms with E-state index in [1.165, 1.54) is 66.4 Å². The molecule has 2 aliphatic rings. The number of rotatable bonds is 4. The van der Waals surface area contributed by atoms with Gasteiger partial charge in [-0.3, -0.25) is 0 Å². The van der Waals surface area contributed by atoms with Gasteiger partial charge in [0.25, 0.3) is 0 Å². The van der Waals surface area contributed by atoms with Crippen LogP contribution in [-0.4, -0.2) is 11.7 Å². The van der Waals surface area contributed by atoms with Crippen molar-refractivity contribution in [2.45, 2.75) is 44.8 Å². The van der Waals surface area contributed by atoms with Gasteiger partial charge in [0.1, 0.15) is 0 Å². The van der Waals surface area contributed by atoms with Crippen molar-refractivity contribution in [2.24, 2.45) is 5.92 Å². The minimum absolute atomic E-state index is 0.0133. The molecule has 6 aromatic rings. The quantitative estimate of drug-likeness (QED) is 0.201. The van der Waals surface area contributed by atoms with Gasteiger partial charge in [0, 0.05) is 0 Å². The summed E-state index contributed by atoms with van der Waals surface area (Å²) in [5.41, 5.74) is 13.6. The molecule has 0 aromatic heterocycles. The zero-order valence-corrected chi connectivity index (χ0v) is 26.3. The Labute approximate surface area is 266 Å². The van der Waals surface area contributed by atoms with Crippen molar-refractivity contribution in [1.82, 2.24) is 0 Å². The van der Waals surface area contributed by atoms with Gasteiger partial charge in [-0.15, -0.1) is 0 Å². The highest BCUT2D eigenvalue weighted by molar-refractivity contribution is 6.11. The van der Waals surface area contributed by atoms with E-state index >= 15 is 0 Å². The van der Waals surface area contributed by atoms with Gasteiger partial charge in [0.15, 0.2) is 0 Å². The van der Waals surface area contributed by atoms with Crippen LogP contribution in [0.1, 0.15) is 44.2 Å². The Morgan fingerprint density at radius 1 is 0.533 bits per heavy atom. The predicted octanol–water partition coefficient (Wildman–Crippen LogP) is 11.8. The van der Waals surface area contributed by atoms with Gasteiger partial charge in [0.2, 0.25) is 0 Å². The minimum Gasteiger partial charge on any atom is -0.367 e. The highest BCUT2D eigenvalue weighted by atomic mass is 16.5. The molecule has 1 heteroatoms. The molecule has 3 unspecified atom stereocenters. The third-order valence-electron chi connectivity index (χ3n) is 10.1. The lowest BCUT2D eigenvalue weighted by atomic mass is 9.66. The predicted molar refractivity (Wildman–Crippen MR) is 190 cm³/mol. The van der Waals surface area contributed by atoms with Crippen LogP contribution in [0.3, 0.4) is 0 Å². The Morgan fingerprint density at radius 3 is 1.49 bits per heavy atom. The molecule has 1 aliphatic heterocycles. The van der Waals surface area contributed by atoms with Gasteiger partial charge in [-0.1, -0.05) is 147 Å². The first-order valence-corrected chi connectivity index (χ1v) is 16.2. The first-order chi connectivity index (χ1) is 21.9. The molecule has 1 fully saturated rings. The molecule has 0 spiro atoms. The number of hydrogen-bond donors (Lipinski definition) is 0. The normalized spacial score (nSPS) is 20.2. The van der Waals surface area contributed by atoms with E-state index in [1.807, 2.05) is 0 Å². The number of ether oxygens (including phenoxy) is 1. The Hall–Kier alpha value is -4.72. The number of hydrogen-bond acceptors (Lipinski definition) is 1. The van der Waals surface area contributed by atoms with E-state index in [0.717, 1.165) is 12.0 Å². The third-order valence-corrected chi connectivity index (χ3v) is 10.1. The van der Waals surface area contributed by atoms with Gasteiger partial charge in [0.05, 0.1) is 11.7 Å². The van der Waals surface area contributed by atoms with E-state index in [-0.39, 0.29) is 11.7 Å². The minimum atomic E-state index is -0.178. The summed E-state index contributed by atoms with van der Waals surface area (Å²) < 4.78 is 6.78. The van der Waals surface area contributed by atoms with Crippen molar-refractivity contribution in [3.8, 4) is 44.5 Å². The summed E-state index contributed by atoms with van der Waals surface area (Å²) in [6.45, 7) is 11.7. The fourth-order valence-electron chi connectivity index (χ4n) is 8.06. The van der Waals surface area contributed by atoms with Gasteiger partial charge >= 0.3 is 0 Å². The standard InChI is InChI=1S/C44H38O/c1-28-38-27-44(3,4)45-43(38)29(2)40-39(28)41(34-23-19-32(20-24-34)30-13-7-5-8-14-30)36-17-11-12-18-37(36)42(40)35-25-21-33(22-26-35)31-15-9-6-10-16-31/h5-26,28,38,43H,2,27H2,1,3-4H3. The Morgan fingerprint density at radius 2 is 0.956 bits per heavy atom. The Bertz CT molecular complexity index is 2030. The molecule has 8 rings (SSSR count). The fraction of sp³-hybridized carbons (Fsp3) is 0.182. The molecule has 3 atom stereocenters. The van der Waals surface area contributed by atoms with Crippen molar-refractivity contribution in [3.05, 3.63) is 151 Å². The molecule has 45 heavy (non-hydrogen) atoms. The average Bonchev–Trinajstić information content (AvgIpc) is 3.43. The second-order valence-electron chi connectivity index (χ2n) is 13.5.